The molecule has 1 saturated heterocycles. The highest BCUT2D eigenvalue weighted by Gasteiger charge is 2.44. The van der Waals surface area contributed by atoms with Crippen molar-refractivity contribution in [2.24, 2.45) is 0 Å². The Kier molecular flexibility index (Phi) is 43.7. The Hall–Kier alpha value is -2.11. The normalized spacial score (nSPS) is 20.3. The van der Waals surface area contributed by atoms with Gasteiger partial charge in [-0.15, -0.1) is 0 Å². The van der Waals surface area contributed by atoms with E-state index in [2.05, 4.69) is 55.6 Å². The highest BCUT2D eigenvalue weighted by atomic mass is 16.7. The molecule has 0 aromatic rings. The van der Waals surface area contributed by atoms with Crippen molar-refractivity contribution in [1.29, 1.82) is 0 Å². The zero-order valence-corrected chi connectivity index (χ0v) is 42.4. The molecule has 1 rings (SSSR count). The van der Waals surface area contributed by atoms with Gasteiger partial charge in [0.15, 0.2) is 6.29 Å². The minimum absolute atomic E-state index is 0.219. The van der Waals surface area contributed by atoms with Crippen molar-refractivity contribution in [3.8, 4) is 0 Å². The van der Waals surface area contributed by atoms with Crippen LogP contribution in [-0.2, 0) is 14.3 Å². The quantitative estimate of drug-likeness (QED) is 0.0261. The molecule has 0 radical (unpaired) electrons. The summed E-state index contributed by atoms with van der Waals surface area (Å²) in [6.07, 6.45) is 56.1. The lowest BCUT2D eigenvalue weighted by Gasteiger charge is -2.40. The molecule has 1 amide bonds. The third-order valence-corrected chi connectivity index (χ3v) is 12.9. The second-order valence-electron chi connectivity index (χ2n) is 19.0. The lowest BCUT2D eigenvalue weighted by molar-refractivity contribution is -0.302. The lowest BCUT2D eigenvalue weighted by Crippen LogP contribution is -2.60. The van der Waals surface area contributed by atoms with Crippen LogP contribution in [0.15, 0.2) is 60.8 Å². The summed E-state index contributed by atoms with van der Waals surface area (Å²) >= 11 is 0. The number of aliphatic hydroxyl groups excluding tert-OH is 5. The Bertz CT molecular complexity index is 1220. The van der Waals surface area contributed by atoms with Crippen LogP contribution >= 0.6 is 0 Å². The van der Waals surface area contributed by atoms with Gasteiger partial charge in [-0.3, -0.25) is 4.79 Å². The van der Waals surface area contributed by atoms with Gasteiger partial charge in [0, 0.05) is 6.42 Å². The number of aliphatic hydroxyl groups is 5. The van der Waals surface area contributed by atoms with E-state index in [1.54, 1.807) is 6.08 Å². The molecule has 1 aliphatic heterocycles. The standard InChI is InChI=1S/C57H103NO8/c1-3-5-7-9-11-13-15-17-18-19-20-21-22-23-24-25-26-27-28-29-30-31-32-33-35-36-38-40-42-44-46-51(60)50(49-65-57-56(64)55(63)54(62)52(48-59)66-57)58-53(61)47-45-43-41-39-37-34-16-14-12-10-8-6-4-2/h6,8,12,14,34,37,41,43-44,46,50-52,54-57,59-60,62-64H,3-5,7,9-11,13,15-33,35-36,38-40,42,45,47-49H2,1-2H3,(H,58,61)/b8-6-,14-12-,37-34-,43-41-,46-44+. The minimum Gasteiger partial charge on any atom is -0.394 e. The van der Waals surface area contributed by atoms with Gasteiger partial charge in [-0.1, -0.05) is 248 Å². The number of nitrogens with one attached hydrogen (secondary N) is 1. The first-order chi connectivity index (χ1) is 32.3. The fourth-order valence-corrected chi connectivity index (χ4v) is 8.52. The Morgan fingerprint density at radius 3 is 1.36 bits per heavy atom. The van der Waals surface area contributed by atoms with Gasteiger partial charge in [0.2, 0.25) is 5.91 Å². The summed E-state index contributed by atoms with van der Waals surface area (Å²) in [5.74, 6) is -0.256. The van der Waals surface area contributed by atoms with Crippen molar-refractivity contribution in [2.45, 2.75) is 281 Å². The number of hydrogen-bond acceptors (Lipinski definition) is 8. The van der Waals surface area contributed by atoms with E-state index in [-0.39, 0.29) is 18.9 Å². The summed E-state index contributed by atoms with van der Waals surface area (Å²) < 4.78 is 11.2. The molecule has 9 heteroatoms. The van der Waals surface area contributed by atoms with Crippen molar-refractivity contribution in [3.63, 3.8) is 0 Å². The van der Waals surface area contributed by atoms with E-state index in [0.717, 1.165) is 44.9 Å². The number of rotatable bonds is 46. The molecule has 1 fully saturated rings. The van der Waals surface area contributed by atoms with Crippen LogP contribution in [0.4, 0.5) is 0 Å². The average molecular weight is 930 g/mol. The Balaban J connectivity index is 2.20. The zero-order valence-electron chi connectivity index (χ0n) is 42.4. The molecule has 384 valence electrons. The van der Waals surface area contributed by atoms with Crippen LogP contribution in [0.1, 0.15) is 239 Å². The van der Waals surface area contributed by atoms with Gasteiger partial charge in [0.05, 0.1) is 25.4 Å². The van der Waals surface area contributed by atoms with E-state index >= 15 is 0 Å². The van der Waals surface area contributed by atoms with Crippen molar-refractivity contribution in [3.05, 3.63) is 60.8 Å². The molecular formula is C57H103NO8. The van der Waals surface area contributed by atoms with Crippen molar-refractivity contribution < 1.29 is 39.8 Å². The van der Waals surface area contributed by atoms with Crippen LogP contribution in [0, 0.1) is 0 Å². The van der Waals surface area contributed by atoms with Gasteiger partial charge in [0.1, 0.15) is 24.4 Å². The largest absolute Gasteiger partial charge is 0.394 e. The summed E-state index contributed by atoms with van der Waals surface area (Å²) in [6.45, 7) is 3.62. The van der Waals surface area contributed by atoms with Gasteiger partial charge < -0.3 is 40.3 Å². The van der Waals surface area contributed by atoms with Gasteiger partial charge >= 0.3 is 0 Å². The molecule has 0 aliphatic carbocycles. The van der Waals surface area contributed by atoms with Crippen LogP contribution < -0.4 is 5.32 Å². The van der Waals surface area contributed by atoms with Crippen LogP contribution in [0.3, 0.4) is 0 Å². The summed E-state index contributed by atoms with van der Waals surface area (Å²) in [5.41, 5.74) is 0. The average Bonchev–Trinajstić information content (AvgIpc) is 3.32. The van der Waals surface area contributed by atoms with Crippen LogP contribution in [0.5, 0.6) is 0 Å². The van der Waals surface area contributed by atoms with E-state index in [4.69, 9.17) is 9.47 Å². The molecule has 0 aromatic carbocycles. The maximum atomic E-state index is 12.9. The monoisotopic (exact) mass is 930 g/mol. The molecule has 7 unspecified atom stereocenters. The molecule has 0 spiro atoms. The summed E-state index contributed by atoms with van der Waals surface area (Å²) in [4.78, 5) is 12.9. The molecule has 1 aliphatic rings. The first-order valence-electron chi connectivity index (χ1n) is 27.5. The summed E-state index contributed by atoms with van der Waals surface area (Å²) in [5, 5.41) is 54.3. The van der Waals surface area contributed by atoms with Crippen molar-refractivity contribution in [2.75, 3.05) is 13.2 Å². The maximum absolute atomic E-state index is 12.9. The highest BCUT2D eigenvalue weighted by Crippen LogP contribution is 2.23. The third-order valence-electron chi connectivity index (χ3n) is 12.9. The number of carbonyl (C=O) groups is 1. The Morgan fingerprint density at radius 1 is 0.530 bits per heavy atom. The van der Waals surface area contributed by atoms with Gasteiger partial charge in [0.25, 0.3) is 0 Å². The third kappa shape index (κ3) is 36.0. The molecule has 66 heavy (non-hydrogen) atoms. The highest BCUT2D eigenvalue weighted by molar-refractivity contribution is 5.76. The number of allylic oxidation sites excluding steroid dienone is 9. The molecule has 0 saturated carbocycles. The van der Waals surface area contributed by atoms with Gasteiger partial charge in [-0.25, -0.2) is 0 Å². The van der Waals surface area contributed by atoms with E-state index in [1.807, 2.05) is 18.2 Å². The van der Waals surface area contributed by atoms with Crippen molar-refractivity contribution in [1.82, 2.24) is 5.32 Å². The molecule has 0 aromatic heterocycles. The number of hydrogen-bond donors (Lipinski definition) is 6. The Morgan fingerprint density at radius 2 is 0.939 bits per heavy atom. The molecule has 6 N–H and O–H groups in total. The van der Waals surface area contributed by atoms with E-state index in [0.29, 0.717) is 6.42 Å². The molecule has 0 bridgehead atoms. The second kappa shape index (κ2) is 46.6. The number of amides is 1. The van der Waals surface area contributed by atoms with E-state index in [9.17, 15) is 30.3 Å². The van der Waals surface area contributed by atoms with Crippen LogP contribution in [0.2, 0.25) is 0 Å². The Labute approximate surface area is 405 Å². The predicted molar refractivity (Wildman–Crippen MR) is 276 cm³/mol. The lowest BCUT2D eigenvalue weighted by atomic mass is 9.99. The van der Waals surface area contributed by atoms with E-state index in [1.165, 1.54) is 167 Å². The molecular weight excluding hydrogens is 827 g/mol. The molecule has 1 heterocycles. The second-order valence-corrected chi connectivity index (χ2v) is 19.0. The van der Waals surface area contributed by atoms with Crippen molar-refractivity contribution >= 4 is 5.91 Å². The fourth-order valence-electron chi connectivity index (χ4n) is 8.52. The number of unbranched alkanes of at least 4 members (excludes halogenated alkanes) is 28. The molecule has 9 nitrogen and oxygen atoms in total. The fraction of sp³-hybridized carbons (Fsp3) is 0.807. The zero-order chi connectivity index (χ0) is 48.0. The summed E-state index contributed by atoms with van der Waals surface area (Å²) in [7, 11) is 0. The smallest absolute Gasteiger partial charge is 0.220 e. The topological polar surface area (TPSA) is 149 Å². The first-order valence-corrected chi connectivity index (χ1v) is 27.5. The minimum atomic E-state index is -1.58. The van der Waals surface area contributed by atoms with Gasteiger partial charge in [-0.2, -0.15) is 0 Å². The SMILES string of the molecule is CC/C=C\C/C=C\C/C=C\C/C=C\CCC(=O)NC(COC1OC(CO)C(O)C(O)C1O)C(O)/C=C/CCCCCCCCCCCCCCCCCCCCCCCCCCCCCC. The number of carbonyl (C=O) groups excluding carboxylic acids is 1. The number of ether oxygens (including phenoxy) is 2. The van der Waals surface area contributed by atoms with Crippen LogP contribution in [-0.4, -0.2) is 87.5 Å². The molecule has 7 atom stereocenters. The maximum Gasteiger partial charge on any atom is 0.220 e. The summed E-state index contributed by atoms with van der Waals surface area (Å²) in [6, 6.07) is -0.845. The van der Waals surface area contributed by atoms with Gasteiger partial charge in [-0.05, 0) is 44.9 Å². The van der Waals surface area contributed by atoms with Crippen LogP contribution in [0.25, 0.3) is 0 Å². The van der Waals surface area contributed by atoms with E-state index < -0.39 is 49.5 Å². The first kappa shape index (κ1) is 61.9. The predicted octanol–water partition coefficient (Wildman–Crippen LogP) is 13.1.